The van der Waals surface area contributed by atoms with Crippen molar-refractivity contribution in [3.05, 3.63) is 45.4 Å². The molecule has 2 N–H and O–H groups in total. The molecule has 1 saturated heterocycles. The van der Waals surface area contributed by atoms with Gasteiger partial charge < -0.3 is 34.3 Å². The number of ether oxygens (including phenoxy) is 2. The maximum absolute atomic E-state index is 14.6. The van der Waals surface area contributed by atoms with Crippen molar-refractivity contribution in [2.75, 3.05) is 38.3 Å². The van der Waals surface area contributed by atoms with Crippen LogP contribution in [0.3, 0.4) is 0 Å². The highest BCUT2D eigenvalue weighted by Gasteiger charge is 2.72. The molecule has 0 aromatic carbocycles. The standard InChI is InChI=1S/C38H48N8O6/c1-5-26-31(43-12-13-44(28-9-8-27(28)43)35(49)25-16-23(36(2,3)50)17-39-34(25)51-4)32(48)30-33(42-46(41-30)24-10-14-52-15-11-24)45(26)18-29(47)40-38-19-37(20-38,21-38)22-6-7-22/h10,16-17,22,27-28,50H,5-9,11-15,18-21H2,1-4H3,(H,40,47)/t27-,28-,37?,38?/m0/s1. The Morgan fingerprint density at radius 3 is 2.52 bits per heavy atom. The Bertz CT molecular complexity index is 2060. The van der Waals surface area contributed by atoms with Crippen LogP contribution in [0, 0.1) is 11.3 Å². The van der Waals surface area contributed by atoms with Crippen LogP contribution < -0.4 is 20.4 Å². The quantitative estimate of drug-likeness (QED) is 0.321. The maximum Gasteiger partial charge on any atom is 0.259 e. The minimum absolute atomic E-state index is 0.0445. The summed E-state index contributed by atoms with van der Waals surface area (Å²) in [5.41, 5.74) is 2.60. The first-order valence-corrected chi connectivity index (χ1v) is 18.9. The molecule has 0 radical (unpaired) electrons. The van der Waals surface area contributed by atoms with E-state index in [1.165, 1.54) is 26.1 Å². The second-order valence-electron chi connectivity index (χ2n) is 16.5. The fraction of sp³-hybridized carbons (Fsp3) is 0.632. The van der Waals surface area contributed by atoms with Crippen LogP contribution in [0.25, 0.3) is 16.9 Å². The molecule has 5 heterocycles. The van der Waals surface area contributed by atoms with Crippen molar-refractivity contribution in [2.24, 2.45) is 11.3 Å². The largest absolute Gasteiger partial charge is 0.480 e. The summed E-state index contributed by atoms with van der Waals surface area (Å²) >= 11 is 0. The number of aliphatic hydroxyl groups is 1. The van der Waals surface area contributed by atoms with Gasteiger partial charge in [0.1, 0.15) is 17.8 Å². The molecule has 2 bridgehead atoms. The number of methoxy groups -OCH3 is 1. The number of amides is 2. The van der Waals surface area contributed by atoms with E-state index in [0.717, 1.165) is 49.4 Å². The SMILES string of the molecule is CCc1c(N2CCN(C(=O)c3cc(C(C)(C)O)cnc3OC)[C@H]3CC[C@@H]32)c(=O)c2nn(C3=CCOCC3)nc2n1CC(=O)NC12CC(C3CC3)(C1)C2. The number of carbonyl (C=O) groups excluding carboxylic acids is 2. The number of aromatic nitrogens is 5. The third-order valence-corrected chi connectivity index (χ3v) is 12.7. The van der Waals surface area contributed by atoms with Gasteiger partial charge in [-0.2, -0.15) is 4.80 Å². The molecule has 7 aliphatic rings. The molecular weight excluding hydrogens is 664 g/mol. The van der Waals surface area contributed by atoms with Crippen LogP contribution >= 0.6 is 0 Å². The fourth-order valence-corrected chi connectivity index (χ4v) is 9.91. The van der Waals surface area contributed by atoms with Gasteiger partial charge in [-0.3, -0.25) is 14.4 Å². The van der Waals surface area contributed by atoms with Gasteiger partial charge in [0.15, 0.2) is 11.2 Å². The van der Waals surface area contributed by atoms with Crippen LogP contribution in [0.4, 0.5) is 5.69 Å². The predicted molar refractivity (Wildman–Crippen MR) is 192 cm³/mol. The molecular formula is C38H48N8O6. The van der Waals surface area contributed by atoms with Gasteiger partial charge in [0.25, 0.3) is 5.91 Å². The Morgan fingerprint density at radius 2 is 1.88 bits per heavy atom. The summed E-state index contributed by atoms with van der Waals surface area (Å²) in [6, 6.07) is 1.43. The van der Waals surface area contributed by atoms with Crippen molar-refractivity contribution in [1.29, 1.82) is 0 Å². The highest BCUT2D eigenvalue weighted by atomic mass is 16.5. The molecule has 2 atom stereocenters. The molecule has 3 aromatic heterocycles. The van der Waals surface area contributed by atoms with Gasteiger partial charge in [-0.15, -0.1) is 10.2 Å². The molecule has 5 saturated carbocycles. The number of nitrogens with zero attached hydrogens (tertiary/aromatic N) is 7. The van der Waals surface area contributed by atoms with Gasteiger partial charge in [-0.1, -0.05) is 6.92 Å². The molecule has 14 nitrogen and oxygen atoms in total. The van der Waals surface area contributed by atoms with Crippen molar-refractivity contribution in [3.8, 4) is 5.88 Å². The van der Waals surface area contributed by atoms with Gasteiger partial charge in [0.05, 0.1) is 37.7 Å². The zero-order chi connectivity index (χ0) is 36.2. The molecule has 52 heavy (non-hydrogen) atoms. The summed E-state index contributed by atoms with van der Waals surface area (Å²) in [5, 5.41) is 23.6. The number of piperazine rings is 1. The fourth-order valence-electron chi connectivity index (χ4n) is 9.91. The average molecular weight is 713 g/mol. The number of nitrogens with one attached hydrogen (secondary N) is 1. The van der Waals surface area contributed by atoms with E-state index >= 15 is 0 Å². The van der Waals surface area contributed by atoms with Crippen LogP contribution in [0.2, 0.25) is 0 Å². The highest BCUT2D eigenvalue weighted by Crippen LogP contribution is 2.75. The Balaban J connectivity index is 1.05. The Morgan fingerprint density at radius 1 is 1.12 bits per heavy atom. The molecule has 3 aromatic rings. The molecule has 10 rings (SSSR count). The number of hydrogen-bond donors (Lipinski definition) is 2. The zero-order valence-electron chi connectivity index (χ0n) is 30.5. The summed E-state index contributed by atoms with van der Waals surface area (Å²) in [4.78, 5) is 52.5. The molecule has 0 unspecified atom stereocenters. The Labute approximate surface area is 302 Å². The van der Waals surface area contributed by atoms with Gasteiger partial charge in [-0.25, -0.2) is 4.98 Å². The zero-order valence-corrected chi connectivity index (χ0v) is 30.5. The number of fused-ring (bicyclic) bond motifs is 2. The third kappa shape index (κ3) is 5.19. The first-order valence-electron chi connectivity index (χ1n) is 18.9. The number of anilines is 1. The van der Waals surface area contributed by atoms with E-state index in [4.69, 9.17) is 19.7 Å². The lowest BCUT2D eigenvalue weighted by atomic mass is 9.37. The molecule has 2 amide bonds. The normalized spacial score (nSPS) is 28.0. The minimum atomic E-state index is -1.18. The van der Waals surface area contributed by atoms with Crippen LogP contribution in [0.5, 0.6) is 5.88 Å². The first-order chi connectivity index (χ1) is 24.9. The number of hydrogen-bond acceptors (Lipinski definition) is 10. The van der Waals surface area contributed by atoms with Crippen molar-refractivity contribution < 1.29 is 24.2 Å². The number of pyridine rings is 2. The van der Waals surface area contributed by atoms with Crippen LogP contribution in [-0.4, -0.2) is 97.4 Å². The summed E-state index contributed by atoms with van der Waals surface area (Å²) in [6.07, 6.45) is 12.0. The average Bonchev–Trinajstić information content (AvgIpc) is 3.82. The first kappa shape index (κ1) is 33.5. The minimum Gasteiger partial charge on any atom is -0.480 e. The lowest BCUT2D eigenvalue weighted by molar-refractivity contribution is -0.176. The van der Waals surface area contributed by atoms with E-state index in [-0.39, 0.29) is 52.8 Å². The molecule has 276 valence electrons. The van der Waals surface area contributed by atoms with E-state index < -0.39 is 5.60 Å². The van der Waals surface area contributed by atoms with E-state index in [1.807, 2.05) is 22.5 Å². The van der Waals surface area contributed by atoms with E-state index in [1.54, 1.807) is 24.7 Å². The second-order valence-corrected chi connectivity index (χ2v) is 16.5. The van der Waals surface area contributed by atoms with Crippen molar-refractivity contribution >= 4 is 34.4 Å². The van der Waals surface area contributed by atoms with Crippen molar-refractivity contribution in [2.45, 2.75) is 108 Å². The van der Waals surface area contributed by atoms with Crippen LogP contribution in [0.1, 0.15) is 93.8 Å². The summed E-state index contributed by atoms with van der Waals surface area (Å²) in [7, 11) is 1.48. The predicted octanol–water partition coefficient (Wildman–Crippen LogP) is 2.99. The number of rotatable bonds is 10. The maximum atomic E-state index is 14.6. The van der Waals surface area contributed by atoms with Crippen molar-refractivity contribution in [3.63, 3.8) is 0 Å². The molecule has 5 aliphatic carbocycles. The van der Waals surface area contributed by atoms with E-state index in [2.05, 4.69) is 15.2 Å². The third-order valence-electron chi connectivity index (χ3n) is 12.7. The van der Waals surface area contributed by atoms with E-state index in [0.29, 0.717) is 67.0 Å². The highest BCUT2D eigenvalue weighted by molar-refractivity contribution is 5.97. The molecule has 0 spiro atoms. The summed E-state index contributed by atoms with van der Waals surface area (Å²) < 4.78 is 12.9. The molecule has 14 heteroatoms. The second kappa shape index (κ2) is 11.9. The van der Waals surface area contributed by atoms with Crippen molar-refractivity contribution in [1.82, 2.24) is 34.8 Å². The van der Waals surface area contributed by atoms with E-state index in [9.17, 15) is 19.5 Å². The lowest BCUT2D eigenvalue weighted by Crippen LogP contribution is -2.75. The Hall–Kier alpha value is -4.30. The molecule has 6 fully saturated rings. The van der Waals surface area contributed by atoms with Gasteiger partial charge in [0, 0.05) is 48.5 Å². The van der Waals surface area contributed by atoms with Gasteiger partial charge >= 0.3 is 0 Å². The van der Waals surface area contributed by atoms with Gasteiger partial charge in [0.2, 0.25) is 17.2 Å². The van der Waals surface area contributed by atoms with Crippen LogP contribution in [-0.2, 0) is 28.1 Å². The monoisotopic (exact) mass is 712 g/mol. The number of carbonyl (C=O) groups is 2. The smallest absolute Gasteiger partial charge is 0.259 e. The lowest BCUT2D eigenvalue weighted by Gasteiger charge is -2.71. The summed E-state index contributed by atoms with van der Waals surface area (Å²) in [6.45, 7) is 7.17. The topological polar surface area (TPSA) is 157 Å². The van der Waals surface area contributed by atoms with Gasteiger partial charge in [-0.05, 0) is 88.7 Å². The summed E-state index contributed by atoms with van der Waals surface area (Å²) in [5.74, 6) is 0.772. The Kier molecular flexibility index (Phi) is 7.64. The molecule has 2 aliphatic heterocycles. The van der Waals surface area contributed by atoms with Crippen LogP contribution in [0.15, 0.2) is 23.1 Å².